The van der Waals surface area contributed by atoms with E-state index in [9.17, 15) is 0 Å². The van der Waals surface area contributed by atoms with Gasteiger partial charge in [0, 0.05) is 26.7 Å². The molecule has 0 aliphatic carbocycles. The van der Waals surface area contributed by atoms with E-state index in [1.54, 1.807) is 0 Å². The number of aryl methyl sites for hydroxylation is 1. The lowest BCUT2D eigenvalue weighted by atomic mass is 10.1. The number of piperidine rings is 1. The van der Waals surface area contributed by atoms with Crippen molar-refractivity contribution in [2.75, 3.05) is 39.8 Å². The third-order valence-electron chi connectivity index (χ3n) is 4.18. The third kappa shape index (κ3) is 6.06. The van der Waals surface area contributed by atoms with Crippen LogP contribution in [-0.2, 0) is 6.42 Å². The molecule has 1 heterocycles. The Labute approximate surface area is 135 Å². The summed E-state index contributed by atoms with van der Waals surface area (Å²) in [6, 6.07) is 8.68. The van der Waals surface area contributed by atoms with Gasteiger partial charge in [-0.1, -0.05) is 36.2 Å². The highest BCUT2D eigenvalue weighted by Crippen LogP contribution is 2.07. The number of nitrogens with zero attached hydrogens (tertiary/aromatic N) is 2. The molecule has 1 aromatic rings. The summed E-state index contributed by atoms with van der Waals surface area (Å²) in [7, 11) is 1.84. The van der Waals surface area contributed by atoms with E-state index < -0.39 is 0 Å². The maximum atomic E-state index is 4.30. The van der Waals surface area contributed by atoms with E-state index in [0.717, 1.165) is 32.0 Å². The smallest absolute Gasteiger partial charge is 0.191 e. The van der Waals surface area contributed by atoms with Gasteiger partial charge in [0.15, 0.2) is 5.96 Å². The molecule has 1 saturated heterocycles. The third-order valence-corrected chi connectivity index (χ3v) is 4.18. The van der Waals surface area contributed by atoms with Crippen molar-refractivity contribution in [1.29, 1.82) is 0 Å². The minimum absolute atomic E-state index is 0.907. The topological polar surface area (TPSA) is 39.7 Å². The van der Waals surface area contributed by atoms with Crippen LogP contribution >= 0.6 is 0 Å². The molecule has 1 aliphatic heterocycles. The Hall–Kier alpha value is -1.55. The monoisotopic (exact) mass is 302 g/mol. The molecule has 1 aromatic carbocycles. The van der Waals surface area contributed by atoms with Crippen LogP contribution in [0.4, 0.5) is 0 Å². The molecule has 0 unspecified atom stereocenters. The fourth-order valence-electron chi connectivity index (χ4n) is 2.93. The standard InChI is InChI=1S/C18H30N4/c1-16-7-6-8-17(15-16)9-10-20-18(19-2)21-11-14-22-12-4-3-5-13-22/h6-8,15H,3-5,9-14H2,1-2H3,(H2,19,20,21). The van der Waals surface area contributed by atoms with Crippen LogP contribution in [0.3, 0.4) is 0 Å². The van der Waals surface area contributed by atoms with Gasteiger partial charge in [-0.3, -0.25) is 4.99 Å². The van der Waals surface area contributed by atoms with Crippen LogP contribution in [0.5, 0.6) is 0 Å². The minimum atomic E-state index is 0.907. The lowest BCUT2D eigenvalue weighted by Crippen LogP contribution is -2.43. The number of benzene rings is 1. The van der Waals surface area contributed by atoms with Gasteiger partial charge in [-0.05, 0) is 44.8 Å². The molecule has 4 heteroatoms. The van der Waals surface area contributed by atoms with Gasteiger partial charge in [0.1, 0.15) is 0 Å². The van der Waals surface area contributed by atoms with Crippen molar-refractivity contribution in [3.8, 4) is 0 Å². The first-order valence-electron chi connectivity index (χ1n) is 8.50. The molecule has 2 N–H and O–H groups in total. The molecule has 122 valence electrons. The molecule has 0 aromatic heterocycles. The largest absolute Gasteiger partial charge is 0.356 e. The highest BCUT2D eigenvalue weighted by molar-refractivity contribution is 5.79. The molecular formula is C18H30N4. The quantitative estimate of drug-likeness (QED) is 0.625. The van der Waals surface area contributed by atoms with Crippen molar-refractivity contribution in [1.82, 2.24) is 15.5 Å². The second-order valence-corrected chi connectivity index (χ2v) is 6.07. The van der Waals surface area contributed by atoms with Crippen LogP contribution in [0.2, 0.25) is 0 Å². The second kappa shape index (κ2) is 9.46. The van der Waals surface area contributed by atoms with E-state index in [0.29, 0.717) is 0 Å². The van der Waals surface area contributed by atoms with Crippen molar-refractivity contribution in [2.24, 2.45) is 4.99 Å². The van der Waals surface area contributed by atoms with E-state index in [4.69, 9.17) is 0 Å². The van der Waals surface area contributed by atoms with Crippen LogP contribution in [-0.4, -0.2) is 50.6 Å². The van der Waals surface area contributed by atoms with Gasteiger partial charge in [0.25, 0.3) is 0 Å². The summed E-state index contributed by atoms with van der Waals surface area (Å²) in [5, 5.41) is 6.81. The molecule has 0 spiro atoms. The summed E-state index contributed by atoms with van der Waals surface area (Å²) in [6.07, 6.45) is 5.12. The predicted molar refractivity (Wildman–Crippen MR) is 94.5 cm³/mol. The molecule has 0 bridgehead atoms. The molecule has 0 amide bonds. The Bertz CT molecular complexity index is 464. The zero-order valence-corrected chi connectivity index (χ0v) is 14.1. The highest BCUT2D eigenvalue weighted by Gasteiger charge is 2.09. The highest BCUT2D eigenvalue weighted by atomic mass is 15.2. The number of hydrogen-bond acceptors (Lipinski definition) is 2. The molecular weight excluding hydrogens is 272 g/mol. The fourth-order valence-corrected chi connectivity index (χ4v) is 2.93. The molecule has 1 fully saturated rings. The normalized spacial score (nSPS) is 16.5. The molecule has 22 heavy (non-hydrogen) atoms. The number of likely N-dealkylation sites (tertiary alicyclic amines) is 1. The lowest BCUT2D eigenvalue weighted by Gasteiger charge is -2.26. The first-order chi connectivity index (χ1) is 10.8. The summed E-state index contributed by atoms with van der Waals surface area (Å²) in [6.45, 7) is 7.62. The van der Waals surface area contributed by atoms with Gasteiger partial charge in [-0.15, -0.1) is 0 Å². The average molecular weight is 302 g/mol. The van der Waals surface area contributed by atoms with Gasteiger partial charge < -0.3 is 15.5 Å². The summed E-state index contributed by atoms with van der Waals surface area (Å²) >= 11 is 0. The molecule has 1 aliphatic rings. The van der Waals surface area contributed by atoms with E-state index >= 15 is 0 Å². The number of rotatable bonds is 6. The Kier molecular flexibility index (Phi) is 7.23. The first kappa shape index (κ1) is 16.8. The van der Waals surface area contributed by atoms with Gasteiger partial charge in [0.2, 0.25) is 0 Å². The van der Waals surface area contributed by atoms with Crippen molar-refractivity contribution in [2.45, 2.75) is 32.6 Å². The minimum Gasteiger partial charge on any atom is -0.356 e. The van der Waals surface area contributed by atoms with Crippen LogP contribution in [0.25, 0.3) is 0 Å². The second-order valence-electron chi connectivity index (χ2n) is 6.07. The number of nitrogens with one attached hydrogen (secondary N) is 2. The lowest BCUT2D eigenvalue weighted by molar-refractivity contribution is 0.232. The maximum Gasteiger partial charge on any atom is 0.191 e. The Morgan fingerprint density at radius 1 is 1.14 bits per heavy atom. The molecule has 2 rings (SSSR count). The summed E-state index contributed by atoms with van der Waals surface area (Å²) in [5.41, 5.74) is 2.69. The van der Waals surface area contributed by atoms with E-state index in [1.807, 2.05) is 7.05 Å². The van der Waals surface area contributed by atoms with Crippen LogP contribution in [0.1, 0.15) is 30.4 Å². The Morgan fingerprint density at radius 3 is 2.64 bits per heavy atom. The zero-order chi connectivity index (χ0) is 15.6. The number of guanidine groups is 1. The summed E-state index contributed by atoms with van der Waals surface area (Å²) in [5.74, 6) is 0.907. The molecule has 0 atom stereocenters. The van der Waals surface area contributed by atoms with E-state index in [2.05, 4.69) is 51.7 Å². The Morgan fingerprint density at radius 2 is 1.91 bits per heavy atom. The molecule has 0 radical (unpaired) electrons. The van der Waals surface area contributed by atoms with Gasteiger partial charge >= 0.3 is 0 Å². The van der Waals surface area contributed by atoms with Crippen molar-refractivity contribution in [3.63, 3.8) is 0 Å². The van der Waals surface area contributed by atoms with Crippen LogP contribution in [0, 0.1) is 6.92 Å². The van der Waals surface area contributed by atoms with Crippen molar-refractivity contribution in [3.05, 3.63) is 35.4 Å². The molecule has 0 saturated carbocycles. The average Bonchev–Trinajstić information content (AvgIpc) is 2.54. The van der Waals surface area contributed by atoms with Crippen molar-refractivity contribution < 1.29 is 0 Å². The summed E-state index contributed by atoms with van der Waals surface area (Å²) < 4.78 is 0. The van der Waals surface area contributed by atoms with Gasteiger partial charge in [-0.2, -0.15) is 0 Å². The first-order valence-corrected chi connectivity index (χ1v) is 8.50. The van der Waals surface area contributed by atoms with E-state index in [-0.39, 0.29) is 0 Å². The van der Waals surface area contributed by atoms with Crippen LogP contribution in [0.15, 0.2) is 29.3 Å². The zero-order valence-electron chi connectivity index (χ0n) is 14.1. The van der Waals surface area contributed by atoms with Crippen molar-refractivity contribution >= 4 is 5.96 Å². The summed E-state index contributed by atoms with van der Waals surface area (Å²) in [4.78, 5) is 6.83. The van der Waals surface area contributed by atoms with Crippen LogP contribution < -0.4 is 10.6 Å². The SMILES string of the molecule is CN=C(NCCc1cccc(C)c1)NCCN1CCCCC1. The predicted octanol–water partition coefficient (Wildman–Crippen LogP) is 2.19. The molecule has 4 nitrogen and oxygen atoms in total. The fraction of sp³-hybridized carbons (Fsp3) is 0.611. The number of hydrogen-bond donors (Lipinski definition) is 2. The maximum absolute atomic E-state index is 4.30. The number of aliphatic imine (C=N–C) groups is 1. The van der Waals surface area contributed by atoms with Gasteiger partial charge in [-0.25, -0.2) is 0 Å². The van der Waals surface area contributed by atoms with Gasteiger partial charge in [0.05, 0.1) is 0 Å². The Balaban J connectivity index is 1.62. The van der Waals surface area contributed by atoms with E-state index in [1.165, 1.54) is 43.5 Å².